The zero-order chi connectivity index (χ0) is 24.7. The first kappa shape index (κ1) is 26.7. The molecule has 34 heavy (non-hydrogen) atoms. The third-order valence-electron chi connectivity index (χ3n) is 6.45. The van der Waals surface area contributed by atoms with Crippen molar-refractivity contribution >= 4 is 34.5 Å². The first-order valence-electron chi connectivity index (χ1n) is 12.5. The number of fused-ring (bicyclic) bond motifs is 1. The van der Waals surface area contributed by atoms with Crippen LogP contribution in [0.2, 0.25) is 0 Å². The normalized spacial score (nSPS) is 19.7. The van der Waals surface area contributed by atoms with E-state index in [1.165, 1.54) is 11.8 Å². The highest BCUT2D eigenvalue weighted by Gasteiger charge is 2.31. The predicted molar refractivity (Wildman–Crippen MR) is 134 cm³/mol. The van der Waals surface area contributed by atoms with Gasteiger partial charge < -0.3 is 14.2 Å². The largest absolute Gasteiger partial charge is 0.465 e. The topological polar surface area (TPSA) is 60.2 Å². The molecule has 0 saturated carbocycles. The van der Waals surface area contributed by atoms with E-state index >= 15 is 0 Å². The number of anilines is 1. The van der Waals surface area contributed by atoms with Crippen LogP contribution in [0, 0.1) is 5.92 Å². The monoisotopic (exact) mass is 496 g/mol. The van der Waals surface area contributed by atoms with Gasteiger partial charge in [-0.25, -0.2) is 18.7 Å². The van der Waals surface area contributed by atoms with Gasteiger partial charge in [-0.1, -0.05) is 44.9 Å². The Morgan fingerprint density at radius 1 is 1.29 bits per heavy atom. The summed E-state index contributed by atoms with van der Waals surface area (Å²) in [5.74, 6) is 0.756. The molecule has 1 aliphatic heterocycles. The fourth-order valence-electron chi connectivity index (χ4n) is 4.23. The summed E-state index contributed by atoms with van der Waals surface area (Å²) in [6.45, 7) is 9.39. The van der Waals surface area contributed by atoms with Crippen LogP contribution in [0.1, 0.15) is 72.3 Å². The lowest BCUT2D eigenvalue weighted by Gasteiger charge is -2.32. The third kappa shape index (κ3) is 6.83. The molecular formula is C25H38F2N4O2S. The van der Waals surface area contributed by atoms with Crippen LogP contribution in [-0.2, 0) is 9.53 Å². The molecule has 190 valence electrons. The van der Waals surface area contributed by atoms with Gasteiger partial charge in [-0.2, -0.15) is 0 Å². The number of esters is 1. The number of carbonyl (C=O) groups is 1. The molecule has 9 heteroatoms. The molecule has 1 fully saturated rings. The Morgan fingerprint density at radius 3 is 2.76 bits per heavy atom. The fraction of sp³-hybridized carbons (Fsp3) is 0.720. The van der Waals surface area contributed by atoms with Crippen molar-refractivity contribution in [1.82, 2.24) is 14.5 Å². The van der Waals surface area contributed by atoms with E-state index in [1.54, 1.807) is 6.20 Å². The van der Waals surface area contributed by atoms with Gasteiger partial charge in [0.1, 0.15) is 17.9 Å². The first-order valence-corrected chi connectivity index (χ1v) is 13.5. The van der Waals surface area contributed by atoms with Crippen LogP contribution in [0.5, 0.6) is 0 Å². The van der Waals surface area contributed by atoms with Crippen molar-refractivity contribution in [2.45, 2.75) is 89.8 Å². The van der Waals surface area contributed by atoms with E-state index in [-0.39, 0.29) is 25.0 Å². The van der Waals surface area contributed by atoms with Crippen LogP contribution in [0.15, 0.2) is 17.6 Å². The van der Waals surface area contributed by atoms with Gasteiger partial charge in [0, 0.05) is 24.5 Å². The average molecular weight is 497 g/mol. The highest BCUT2D eigenvalue weighted by Crippen LogP contribution is 2.33. The molecule has 0 aliphatic carbocycles. The molecule has 0 bridgehead atoms. The molecular weight excluding hydrogens is 458 g/mol. The number of ether oxygens (including phenoxy) is 1. The quantitative estimate of drug-likeness (QED) is 0.200. The van der Waals surface area contributed by atoms with Crippen molar-refractivity contribution in [2.24, 2.45) is 5.92 Å². The number of alkyl halides is 2. The van der Waals surface area contributed by atoms with E-state index in [0.717, 1.165) is 42.4 Å². The zero-order valence-electron chi connectivity index (χ0n) is 20.8. The second-order valence-electron chi connectivity index (χ2n) is 9.37. The number of nitrogens with zero attached hydrogens (tertiary/aromatic N) is 4. The van der Waals surface area contributed by atoms with Crippen molar-refractivity contribution in [2.75, 3.05) is 30.3 Å². The van der Waals surface area contributed by atoms with Crippen molar-refractivity contribution < 1.29 is 18.3 Å². The summed E-state index contributed by atoms with van der Waals surface area (Å²) in [4.78, 5) is 23.3. The molecule has 0 radical (unpaired) electrons. The zero-order valence-corrected chi connectivity index (χ0v) is 21.6. The second kappa shape index (κ2) is 12.7. The molecule has 0 N–H and O–H groups in total. The second-order valence-corrected chi connectivity index (χ2v) is 10.4. The molecule has 1 aliphatic rings. The van der Waals surface area contributed by atoms with E-state index in [4.69, 9.17) is 9.72 Å². The summed E-state index contributed by atoms with van der Waals surface area (Å²) >= 11 is 1.41. The van der Waals surface area contributed by atoms with Crippen molar-refractivity contribution in [3.63, 3.8) is 0 Å². The minimum absolute atomic E-state index is 0.0215. The SMILES string of the molecule is CCCCC(CC)COC(=O)CCSc1ncc2c(n1)c(N1CC[C@H](F)[C@H](F)C1)cn2C(C)C. The van der Waals surface area contributed by atoms with E-state index in [1.807, 2.05) is 11.1 Å². The lowest BCUT2D eigenvalue weighted by atomic mass is 10.0. The maximum atomic E-state index is 14.1. The van der Waals surface area contributed by atoms with Gasteiger partial charge in [-0.15, -0.1) is 0 Å². The summed E-state index contributed by atoms with van der Waals surface area (Å²) in [7, 11) is 0. The Hall–Kier alpha value is -1.90. The van der Waals surface area contributed by atoms with Crippen LogP contribution in [0.3, 0.4) is 0 Å². The number of hydrogen-bond acceptors (Lipinski definition) is 6. The summed E-state index contributed by atoms with van der Waals surface area (Å²) in [6.07, 6.45) is 5.71. The molecule has 3 rings (SSSR count). The van der Waals surface area contributed by atoms with Gasteiger partial charge in [0.15, 0.2) is 5.16 Å². The lowest BCUT2D eigenvalue weighted by Crippen LogP contribution is -2.42. The molecule has 3 atom stereocenters. The molecule has 1 saturated heterocycles. The minimum atomic E-state index is -1.50. The Balaban J connectivity index is 1.63. The van der Waals surface area contributed by atoms with Gasteiger partial charge in [-0.05, 0) is 32.6 Å². The van der Waals surface area contributed by atoms with Crippen molar-refractivity contribution in [1.29, 1.82) is 0 Å². The molecule has 2 aromatic heterocycles. The van der Waals surface area contributed by atoms with Gasteiger partial charge in [0.25, 0.3) is 0 Å². The molecule has 0 aromatic carbocycles. The van der Waals surface area contributed by atoms with Gasteiger partial charge >= 0.3 is 5.97 Å². The van der Waals surface area contributed by atoms with Gasteiger partial charge in [-0.3, -0.25) is 4.79 Å². The Morgan fingerprint density at radius 2 is 2.09 bits per heavy atom. The molecule has 0 spiro atoms. The van der Waals surface area contributed by atoms with Gasteiger partial charge in [0.05, 0.1) is 37.0 Å². The van der Waals surface area contributed by atoms with E-state index in [2.05, 4.69) is 37.2 Å². The van der Waals surface area contributed by atoms with Crippen LogP contribution in [0.25, 0.3) is 11.0 Å². The van der Waals surface area contributed by atoms with E-state index < -0.39 is 12.3 Å². The highest BCUT2D eigenvalue weighted by atomic mass is 32.2. The number of carbonyl (C=O) groups excluding carboxylic acids is 1. The van der Waals surface area contributed by atoms with Crippen LogP contribution < -0.4 is 4.90 Å². The minimum Gasteiger partial charge on any atom is -0.465 e. The van der Waals surface area contributed by atoms with Crippen LogP contribution >= 0.6 is 11.8 Å². The number of hydrogen-bond donors (Lipinski definition) is 0. The maximum Gasteiger partial charge on any atom is 0.306 e. The maximum absolute atomic E-state index is 14.1. The molecule has 3 heterocycles. The van der Waals surface area contributed by atoms with E-state index in [9.17, 15) is 13.6 Å². The number of aromatic nitrogens is 3. The van der Waals surface area contributed by atoms with Crippen molar-refractivity contribution in [3.05, 3.63) is 12.4 Å². The average Bonchev–Trinajstić information content (AvgIpc) is 3.20. The summed E-state index contributed by atoms with van der Waals surface area (Å²) < 4.78 is 35.3. The van der Waals surface area contributed by atoms with Crippen LogP contribution in [0.4, 0.5) is 14.5 Å². The smallest absolute Gasteiger partial charge is 0.306 e. The number of rotatable bonds is 12. The summed E-state index contributed by atoms with van der Waals surface area (Å²) in [6, 6.07) is 0.178. The summed E-state index contributed by atoms with van der Waals surface area (Å²) in [5.41, 5.74) is 2.41. The van der Waals surface area contributed by atoms with E-state index in [0.29, 0.717) is 36.4 Å². The number of halogens is 2. The predicted octanol–water partition coefficient (Wildman–Crippen LogP) is 6.14. The molecule has 6 nitrogen and oxygen atoms in total. The Kier molecular flexibility index (Phi) is 9.97. The number of thioether (sulfide) groups is 1. The summed E-state index contributed by atoms with van der Waals surface area (Å²) in [5, 5.41) is 0.564. The molecule has 1 unspecified atom stereocenters. The van der Waals surface area contributed by atoms with Crippen LogP contribution in [-0.4, -0.2) is 58.3 Å². The lowest BCUT2D eigenvalue weighted by molar-refractivity contribution is -0.144. The van der Waals surface area contributed by atoms with Crippen molar-refractivity contribution in [3.8, 4) is 0 Å². The fourth-order valence-corrected chi connectivity index (χ4v) is 4.96. The first-order chi connectivity index (χ1) is 16.3. The molecule has 0 amide bonds. The Labute approximate surface area is 205 Å². The highest BCUT2D eigenvalue weighted by molar-refractivity contribution is 7.99. The van der Waals surface area contributed by atoms with Gasteiger partial charge in [0.2, 0.25) is 0 Å². The standard InChI is InChI=1S/C25H38F2N4O2S/c1-5-7-8-18(6-2)16-33-23(32)10-12-34-25-28-13-21-24(29-25)22(15-31(21)17(3)4)30-11-9-19(26)20(27)14-30/h13,15,17-20H,5-12,14,16H2,1-4H3/t18?,19-,20+/m0/s1. The Bertz CT molecular complexity index is 939. The molecule has 2 aromatic rings. The third-order valence-corrected chi connectivity index (χ3v) is 7.31. The number of piperidine rings is 1. The number of unbranched alkanes of at least 4 members (excludes halogenated alkanes) is 1.